The fraction of sp³-hybridized carbons (Fsp3) is 0.176. The van der Waals surface area contributed by atoms with Crippen molar-refractivity contribution in [2.75, 3.05) is 7.11 Å². The molecule has 0 amide bonds. The maximum atomic E-state index is 8.98. The fourth-order valence-electron chi connectivity index (χ4n) is 1.88. The minimum Gasteiger partial charge on any atom is -0.497 e. The van der Waals surface area contributed by atoms with Gasteiger partial charge in [-0.05, 0) is 42.3 Å². The van der Waals surface area contributed by atoms with Crippen molar-refractivity contribution in [1.29, 1.82) is 5.26 Å². The molecular weight excluding hydrogens is 264 g/mol. The maximum absolute atomic E-state index is 8.98. The van der Waals surface area contributed by atoms with Crippen molar-refractivity contribution in [3.05, 3.63) is 64.7 Å². The lowest BCUT2D eigenvalue weighted by Gasteiger charge is -2.04. The topological polar surface area (TPSA) is 54.6 Å². The van der Waals surface area contributed by atoms with Crippen LogP contribution in [0.4, 0.5) is 0 Å². The van der Waals surface area contributed by atoms with Crippen LogP contribution in [0.2, 0.25) is 0 Å². The lowest BCUT2D eigenvalue weighted by atomic mass is 10.1. The molecule has 4 nitrogen and oxygen atoms in total. The van der Waals surface area contributed by atoms with Crippen LogP contribution in [-0.4, -0.2) is 13.3 Å². The number of benzene rings is 2. The average molecular weight is 280 g/mol. The second-order valence-electron chi connectivity index (χ2n) is 4.50. The summed E-state index contributed by atoms with van der Waals surface area (Å²) in [6.45, 7) is 2.25. The third-order valence-electron chi connectivity index (χ3n) is 3.10. The Balaban J connectivity index is 1.99. The largest absolute Gasteiger partial charge is 0.497 e. The number of nitriles is 1. The molecule has 0 spiro atoms. The Hall–Kier alpha value is -2.80. The third-order valence-corrected chi connectivity index (χ3v) is 3.10. The summed E-state index contributed by atoms with van der Waals surface area (Å²) < 4.78 is 5.15. The fourth-order valence-corrected chi connectivity index (χ4v) is 1.88. The molecule has 0 atom stereocenters. The first kappa shape index (κ1) is 14.6. The van der Waals surface area contributed by atoms with E-state index >= 15 is 0 Å². The van der Waals surface area contributed by atoms with Gasteiger partial charge in [0.25, 0.3) is 0 Å². The Morgan fingerprint density at radius 3 is 2.76 bits per heavy atom. The first-order chi connectivity index (χ1) is 10.2. The molecule has 0 fully saturated rings. The van der Waals surface area contributed by atoms with Gasteiger partial charge in [-0.25, -0.2) is 0 Å². The molecule has 0 radical (unpaired) electrons. The van der Waals surface area contributed by atoms with Gasteiger partial charge in [0.1, 0.15) is 12.4 Å². The summed E-state index contributed by atoms with van der Waals surface area (Å²) in [4.78, 5) is 5.26. The van der Waals surface area contributed by atoms with E-state index < -0.39 is 0 Å². The summed E-state index contributed by atoms with van der Waals surface area (Å²) in [5.74, 6) is 0.813. The molecule has 2 aromatic rings. The molecule has 0 saturated heterocycles. The molecule has 0 saturated carbocycles. The molecule has 4 heteroatoms. The smallest absolute Gasteiger partial charge is 0.143 e. The van der Waals surface area contributed by atoms with E-state index in [1.54, 1.807) is 19.4 Å². The van der Waals surface area contributed by atoms with E-state index in [9.17, 15) is 0 Å². The van der Waals surface area contributed by atoms with E-state index in [0.717, 1.165) is 22.4 Å². The van der Waals surface area contributed by atoms with Crippen molar-refractivity contribution >= 4 is 6.21 Å². The van der Waals surface area contributed by atoms with Crippen molar-refractivity contribution in [2.45, 2.75) is 13.5 Å². The van der Waals surface area contributed by atoms with Crippen LogP contribution in [0.1, 0.15) is 22.3 Å². The molecule has 106 valence electrons. The summed E-state index contributed by atoms with van der Waals surface area (Å²) in [5, 5.41) is 12.9. The number of methoxy groups -OCH3 is 1. The summed E-state index contributed by atoms with van der Waals surface area (Å²) in [5.41, 5.74) is 3.44. The van der Waals surface area contributed by atoms with Crippen molar-refractivity contribution in [3.8, 4) is 11.8 Å². The normalized spacial score (nSPS) is 10.3. The van der Waals surface area contributed by atoms with Crippen LogP contribution in [0.25, 0.3) is 0 Å². The van der Waals surface area contributed by atoms with E-state index in [1.165, 1.54) is 0 Å². The van der Waals surface area contributed by atoms with E-state index in [1.807, 2.05) is 43.3 Å². The van der Waals surface area contributed by atoms with Gasteiger partial charge in [-0.3, -0.25) is 0 Å². The van der Waals surface area contributed by atoms with E-state index in [4.69, 9.17) is 14.8 Å². The van der Waals surface area contributed by atoms with E-state index in [-0.39, 0.29) is 6.61 Å². The highest BCUT2D eigenvalue weighted by atomic mass is 16.6. The average Bonchev–Trinajstić information content (AvgIpc) is 2.53. The molecule has 0 bridgehead atoms. The van der Waals surface area contributed by atoms with E-state index in [2.05, 4.69) is 11.2 Å². The number of rotatable bonds is 5. The number of oxime groups is 1. The first-order valence-corrected chi connectivity index (χ1v) is 6.52. The summed E-state index contributed by atoms with van der Waals surface area (Å²) >= 11 is 0. The number of hydrogen-bond acceptors (Lipinski definition) is 4. The predicted molar refractivity (Wildman–Crippen MR) is 81.3 cm³/mol. The van der Waals surface area contributed by atoms with Gasteiger partial charge < -0.3 is 9.57 Å². The zero-order valence-electron chi connectivity index (χ0n) is 12.0. The molecule has 0 unspecified atom stereocenters. The molecule has 0 heterocycles. The standard InChI is InChI=1S/C17H16N2O2/c1-13-9-17(20-2)8-7-15(13)11-19-21-12-16-6-4-3-5-14(16)10-18/h3-9,11H,12H2,1-2H3/b19-11-. The predicted octanol–water partition coefficient (Wildman–Crippen LogP) is 3.43. The van der Waals surface area contributed by atoms with Crippen molar-refractivity contribution in [3.63, 3.8) is 0 Å². The minimum atomic E-state index is 0.273. The second-order valence-corrected chi connectivity index (χ2v) is 4.50. The van der Waals surface area contributed by atoms with Crippen molar-refractivity contribution < 1.29 is 9.57 Å². The Bertz CT molecular complexity index is 687. The van der Waals surface area contributed by atoms with E-state index in [0.29, 0.717) is 5.56 Å². The van der Waals surface area contributed by atoms with Crippen molar-refractivity contribution in [2.24, 2.45) is 5.16 Å². The third kappa shape index (κ3) is 3.83. The lowest BCUT2D eigenvalue weighted by molar-refractivity contribution is 0.132. The molecule has 0 aliphatic heterocycles. The molecule has 2 rings (SSSR count). The Kier molecular flexibility index (Phi) is 4.94. The van der Waals surface area contributed by atoms with Crippen LogP contribution in [0.5, 0.6) is 5.75 Å². The van der Waals surface area contributed by atoms with Crippen LogP contribution in [0, 0.1) is 18.3 Å². The van der Waals surface area contributed by atoms with Gasteiger partial charge in [0.15, 0.2) is 0 Å². The highest BCUT2D eigenvalue weighted by molar-refractivity contribution is 5.81. The SMILES string of the molecule is COc1ccc(/C=N\OCc2ccccc2C#N)c(C)c1. The van der Waals surface area contributed by atoms with Crippen molar-refractivity contribution in [1.82, 2.24) is 0 Å². The lowest BCUT2D eigenvalue weighted by Crippen LogP contribution is -1.93. The summed E-state index contributed by atoms with van der Waals surface area (Å²) in [7, 11) is 1.64. The molecule has 0 N–H and O–H groups in total. The Labute approximate surface area is 124 Å². The van der Waals surface area contributed by atoms with Crippen LogP contribution in [0.3, 0.4) is 0 Å². The molecule has 0 aliphatic carbocycles. The van der Waals surface area contributed by atoms with Gasteiger partial charge in [-0.2, -0.15) is 5.26 Å². The quantitative estimate of drug-likeness (QED) is 0.623. The summed E-state index contributed by atoms with van der Waals surface area (Å²) in [6, 6.07) is 15.2. The van der Waals surface area contributed by atoms with Gasteiger partial charge >= 0.3 is 0 Å². The Morgan fingerprint density at radius 2 is 2.05 bits per heavy atom. The number of ether oxygens (including phenoxy) is 1. The number of hydrogen-bond donors (Lipinski definition) is 0. The number of nitrogens with zero attached hydrogens (tertiary/aromatic N) is 2. The van der Waals surface area contributed by atoms with Crippen LogP contribution in [-0.2, 0) is 11.4 Å². The number of aryl methyl sites for hydroxylation is 1. The second kappa shape index (κ2) is 7.11. The zero-order valence-corrected chi connectivity index (χ0v) is 12.0. The van der Waals surface area contributed by atoms with Gasteiger partial charge in [0.2, 0.25) is 0 Å². The minimum absolute atomic E-state index is 0.273. The molecular formula is C17H16N2O2. The van der Waals surface area contributed by atoms with Gasteiger partial charge in [0.05, 0.1) is 25.0 Å². The zero-order chi connectivity index (χ0) is 15.1. The molecule has 0 aromatic heterocycles. The van der Waals surface area contributed by atoms with Crippen LogP contribution < -0.4 is 4.74 Å². The van der Waals surface area contributed by atoms with Gasteiger partial charge in [-0.15, -0.1) is 0 Å². The highest BCUT2D eigenvalue weighted by Crippen LogP contribution is 2.15. The first-order valence-electron chi connectivity index (χ1n) is 6.52. The molecule has 2 aromatic carbocycles. The molecule has 21 heavy (non-hydrogen) atoms. The molecule has 0 aliphatic rings. The summed E-state index contributed by atoms with van der Waals surface area (Å²) in [6.07, 6.45) is 1.66. The monoisotopic (exact) mass is 280 g/mol. The Morgan fingerprint density at radius 1 is 1.24 bits per heavy atom. The van der Waals surface area contributed by atoms with Gasteiger partial charge in [0, 0.05) is 5.56 Å². The highest BCUT2D eigenvalue weighted by Gasteiger charge is 2.01. The van der Waals surface area contributed by atoms with Crippen LogP contribution in [0.15, 0.2) is 47.6 Å². The van der Waals surface area contributed by atoms with Crippen LogP contribution >= 0.6 is 0 Å². The van der Waals surface area contributed by atoms with Gasteiger partial charge in [-0.1, -0.05) is 23.4 Å². The maximum Gasteiger partial charge on any atom is 0.143 e.